The molecule has 1 saturated heterocycles. The van der Waals surface area contributed by atoms with Gasteiger partial charge in [-0.1, -0.05) is 65.7 Å². The lowest BCUT2D eigenvalue weighted by atomic mass is 10.1. The molecule has 2 amide bonds. The summed E-state index contributed by atoms with van der Waals surface area (Å²) >= 11 is 13.8. The van der Waals surface area contributed by atoms with Gasteiger partial charge in [-0.05, 0) is 63.5 Å². The number of methoxy groups -OCH3 is 1. The third-order valence-electron chi connectivity index (χ3n) is 6.55. The summed E-state index contributed by atoms with van der Waals surface area (Å²) in [6.07, 6.45) is 1.61. The Labute approximate surface area is 244 Å². The first-order valence-corrected chi connectivity index (χ1v) is 13.8. The zero-order valence-corrected chi connectivity index (χ0v) is 23.4. The highest BCUT2D eigenvalue weighted by atomic mass is 35.5. The zero-order valence-electron chi connectivity index (χ0n) is 21.1. The van der Waals surface area contributed by atoms with E-state index in [1.165, 1.54) is 7.11 Å². The fraction of sp³-hybridized carbons (Fsp3) is 0.133. The molecule has 2 heterocycles. The summed E-state index contributed by atoms with van der Waals surface area (Å²) in [4.78, 5) is 27.3. The number of nitrogens with zero attached hydrogens (tertiary/aromatic N) is 1. The molecule has 0 unspecified atom stereocenters. The molecular weight excluding hydrogens is 573 g/mol. The van der Waals surface area contributed by atoms with Gasteiger partial charge in [-0.2, -0.15) is 0 Å². The molecule has 0 N–H and O–H groups in total. The second kappa shape index (κ2) is 11.0. The molecule has 202 valence electrons. The van der Waals surface area contributed by atoms with Gasteiger partial charge in [-0.3, -0.25) is 14.5 Å². The Balaban J connectivity index is 1.22. The first-order chi connectivity index (χ1) is 19.4. The molecule has 10 heteroatoms. The number of amides is 2. The largest absolute Gasteiger partial charge is 0.493 e. The fourth-order valence-corrected chi connectivity index (χ4v) is 5.90. The van der Waals surface area contributed by atoms with Crippen LogP contribution in [0.15, 0.2) is 71.6 Å². The maximum Gasteiger partial charge on any atom is 0.293 e. The summed E-state index contributed by atoms with van der Waals surface area (Å²) < 4.78 is 22.4. The van der Waals surface area contributed by atoms with Crippen LogP contribution in [0, 0.1) is 0 Å². The summed E-state index contributed by atoms with van der Waals surface area (Å²) in [7, 11) is 1.52. The molecule has 0 aromatic heterocycles. The molecule has 0 atom stereocenters. The standard InChI is InChI=1S/C30H21Cl2NO6S/c1-36-26-10-17(9-23(32)28(26)37-15-19-7-4-6-18-5-2-3-8-21(18)19)11-27-29(34)33(30(35)40-27)14-20-12-24-25(13-22(20)31)39-16-38-24/h2-13H,14-16H2,1H3/b27-11-. The van der Waals surface area contributed by atoms with Gasteiger partial charge >= 0.3 is 0 Å². The Morgan fingerprint density at radius 1 is 0.950 bits per heavy atom. The van der Waals surface area contributed by atoms with Crippen LogP contribution in [0.25, 0.3) is 16.8 Å². The number of carbonyl (C=O) groups excluding carboxylic acids is 2. The monoisotopic (exact) mass is 593 g/mol. The van der Waals surface area contributed by atoms with Crippen molar-refractivity contribution >= 4 is 63.0 Å². The van der Waals surface area contributed by atoms with Gasteiger partial charge in [0.15, 0.2) is 23.0 Å². The molecule has 2 aliphatic rings. The molecule has 40 heavy (non-hydrogen) atoms. The molecule has 6 rings (SSSR count). The lowest BCUT2D eigenvalue weighted by Gasteiger charge is -2.15. The molecule has 0 radical (unpaired) electrons. The molecular formula is C30H21Cl2NO6S. The predicted octanol–water partition coefficient (Wildman–Crippen LogP) is 7.70. The minimum absolute atomic E-state index is 0.00248. The highest BCUT2D eigenvalue weighted by molar-refractivity contribution is 8.18. The smallest absolute Gasteiger partial charge is 0.293 e. The van der Waals surface area contributed by atoms with Crippen LogP contribution < -0.4 is 18.9 Å². The van der Waals surface area contributed by atoms with E-state index in [0.717, 1.165) is 33.0 Å². The maximum atomic E-state index is 13.2. The summed E-state index contributed by atoms with van der Waals surface area (Å²) in [5.74, 6) is 1.41. The quantitative estimate of drug-likeness (QED) is 0.203. The summed E-state index contributed by atoms with van der Waals surface area (Å²) in [6, 6.07) is 20.8. The summed E-state index contributed by atoms with van der Waals surface area (Å²) in [5.41, 5.74) is 2.18. The molecule has 4 aromatic rings. The van der Waals surface area contributed by atoms with Crippen LogP contribution >= 0.6 is 35.0 Å². The van der Waals surface area contributed by atoms with Gasteiger partial charge in [-0.25, -0.2) is 0 Å². The molecule has 0 aliphatic carbocycles. The van der Waals surface area contributed by atoms with Crippen molar-refractivity contribution in [3.8, 4) is 23.0 Å². The molecule has 7 nitrogen and oxygen atoms in total. The minimum Gasteiger partial charge on any atom is -0.493 e. The molecule has 4 aromatic carbocycles. The van der Waals surface area contributed by atoms with Gasteiger partial charge in [0.1, 0.15) is 6.61 Å². The Hall–Kier alpha value is -3.85. The third kappa shape index (κ3) is 5.06. The van der Waals surface area contributed by atoms with Gasteiger partial charge in [0.2, 0.25) is 6.79 Å². The van der Waals surface area contributed by atoms with Gasteiger partial charge in [0.05, 0.1) is 23.6 Å². The number of halogens is 2. The number of hydrogen-bond donors (Lipinski definition) is 0. The van der Waals surface area contributed by atoms with Crippen LogP contribution in [0.4, 0.5) is 4.79 Å². The Morgan fingerprint density at radius 2 is 1.73 bits per heavy atom. The SMILES string of the molecule is COc1cc(/C=C2\SC(=O)N(Cc3cc4c(cc3Cl)OCO4)C2=O)cc(Cl)c1OCc1cccc2ccccc12. The van der Waals surface area contributed by atoms with Gasteiger partial charge in [0, 0.05) is 11.1 Å². The van der Waals surface area contributed by atoms with Gasteiger partial charge < -0.3 is 18.9 Å². The van der Waals surface area contributed by atoms with Crippen molar-refractivity contribution in [3.63, 3.8) is 0 Å². The van der Waals surface area contributed by atoms with E-state index in [2.05, 4.69) is 0 Å². The predicted molar refractivity (Wildman–Crippen MR) is 155 cm³/mol. The highest BCUT2D eigenvalue weighted by Crippen LogP contribution is 2.41. The average molecular weight is 594 g/mol. The van der Waals surface area contributed by atoms with E-state index in [4.69, 9.17) is 42.1 Å². The third-order valence-corrected chi connectivity index (χ3v) is 8.09. The number of imide groups is 1. The van der Waals surface area contributed by atoms with Crippen molar-refractivity contribution in [2.24, 2.45) is 0 Å². The van der Waals surface area contributed by atoms with Crippen LogP contribution in [0.1, 0.15) is 16.7 Å². The van der Waals surface area contributed by atoms with Gasteiger partial charge in [-0.15, -0.1) is 0 Å². The fourth-order valence-electron chi connectivity index (χ4n) is 4.57. The maximum absolute atomic E-state index is 13.2. The lowest BCUT2D eigenvalue weighted by Crippen LogP contribution is -2.27. The Bertz CT molecular complexity index is 1700. The highest BCUT2D eigenvalue weighted by Gasteiger charge is 2.36. The van der Waals surface area contributed by atoms with Gasteiger partial charge in [0.25, 0.3) is 11.1 Å². The summed E-state index contributed by atoms with van der Waals surface area (Å²) in [6.45, 7) is 0.388. The second-order valence-electron chi connectivity index (χ2n) is 9.03. The van der Waals surface area contributed by atoms with Crippen LogP contribution in [0.3, 0.4) is 0 Å². The van der Waals surface area contributed by atoms with Crippen molar-refractivity contribution in [3.05, 3.63) is 98.4 Å². The van der Waals surface area contributed by atoms with E-state index >= 15 is 0 Å². The van der Waals surface area contributed by atoms with E-state index in [-0.39, 0.29) is 24.8 Å². The molecule has 0 saturated carbocycles. The molecule has 0 bridgehead atoms. The van der Waals surface area contributed by atoms with Crippen LogP contribution in [-0.2, 0) is 17.9 Å². The van der Waals surface area contributed by atoms with Crippen LogP contribution in [0.5, 0.6) is 23.0 Å². The van der Waals surface area contributed by atoms with E-state index in [9.17, 15) is 9.59 Å². The molecule has 1 fully saturated rings. The lowest BCUT2D eigenvalue weighted by molar-refractivity contribution is -0.123. The van der Waals surface area contributed by atoms with Crippen LogP contribution in [-0.4, -0.2) is 29.9 Å². The number of benzene rings is 4. The molecule has 2 aliphatic heterocycles. The number of ether oxygens (including phenoxy) is 4. The van der Waals surface area contributed by atoms with E-state index < -0.39 is 11.1 Å². The Morgan fingerprint density at radius 3 is 2.55 bits per heavy atom. The summed E-state index contributed by atoms with van der Waals surface area (Å²) in [5, 5.41) is 2.50. The normalized spacial score (nSPS) is 15.4. The Kier molecular flexibility index (Phi) is 7.23. The average Bonchev–Trinajstić information content (AvgIpc) is 3.51. The van der Waals surface area contributed by atoms with Crippen molar-refractivity contribution in [2.45, 2.75) is 13.2 Å². The molecule has 0 spiro atoms. The second-order valence-corrected chi connectivity index (χ2v) is 10.8. The first kappa shape index (κ1) is 26.4. The number of fused-ring (bicyclic) bond motifs is 2. The minimum atomic E-state index is -0.435. The topological polar surface area (TPSA) is 74.3 Å². The van der Waals surface area contributed by atoms with Crippen molar-refractivity contribution < 1.29 is 28.5 Å². The van der Waals surface area contributed by atoms with E-state index in [1.54, 1.807) is 30.3 Å². The van der Waals surface area contributed by atoms with Crippen LogP contribution in [0.2, 0.25) is 10.0 Å². The van der Waals surface area contributed by atoms with E-state index in [1.807, 2.05) is 42.5 Å². The first-order valence-electron chi connectivity index (χ1n) is 12.2. The number of thioether (sulfide) groups is 1. The zero-order chi connectivity index (χ0) is 27.8. The van der Waals surface area contributed by atoms with Crippen molar-refractivity contribution in [1.82, 2.24) is 4.90 Å². The van der Waals surface area contributed by atoms with Crippen molar-refractivity contribution in [1.29, 1.82) is 0 Å². The van der Waals surface area contributed by atoms with Crippen molar-refractivity contribution in [2.75, 3.05) is 13.9 Å². The number of hydrogen-bond acceptors (Lipinski definition) is 7. The number of rotatable bonds is 7. The van der Waals surface area contributed by atoms with E-state index in [0.29, 0.717) is 44.2 Å². The number of carbonyl (C=O) groups is 2.